The Morgan fingerprint density at radius 2 is 0.814 bits per heavy atom. The summed E-state index contributed by atoms with van der Waals surface area (Å²) in [6.45, 7) is 4.61. The molecule has 0 radical (unpaired) electrons. The van der Waals surface area contributed by atoms with Crippen molar-refractivity contribution in [2.24, 2.45) is 0 Å². The van der Waals surface area contributed by atoms with Crippen LogP contribution >= 0.6 is 0 Å². The van der Waals surface area contributed by atoms with E-state index in [1.54, 1.807) is 0 Å². The molecule has 0 aromatic heterocycles. The minimum Gasteiger partial charge on any atom is -0.477 e. The molecule has 0 aliphatic heterocycles. The van der Waals surface area contributed by atoms with Crippen LogP contribution in [0, 0.1) is 0 Å². The van der Waals surface area contributed by atoms with Crippen LogP contribution in [0.4, 0.5) is 0 Å². The lowest BCUT2D eigenvalue weighted by Gasteiger charge is -2.25. The van der Waals surface area contributed by atoms with Gasteiger partial charge in [-0.15, -0.1) is 0 Å². The highest BCUT2D eigenvalue weighted by molar-refractivity contribution is 5.71. The molecule has 9 heteroatoms. The Hall–Kier alpha value is -4.57. The number of quaternary nitrogens is 1. The van der Waals surface area contributed by atoms with Gasteiger partial charge in [-0.05, 0) is 109 Å². The standard InChI is InChI=1S/C61H97NO8/c1-6-8-10-12-14-16-18-19-20-21-22-23-24-25-26-27-28-29-30-31-32-33-34-35-36-37-38-39-40-41-42-44-46-48-50-52-59(64)70-57(56-69-61(60(65)66)67-54-53-62(3,4)5)55-68-58(63)51-49-47-45-43-17-15-13-11-9-7-2/h8,10-11,13-14,16,19-20,22-23,25-26,28-29,31-32,34-35,37-38,40-41,57,61H,6-7,9,12,15,17-18,21,24,27,30,33,36,39,42-56H2,1-5H3/p+1/b10-8-,13-11-,16-14-,20-19-,23-22-,26-25-,29-28-,32-31-,35-34-,38-37-,41-40-. The van der Waals surface area contributed by atoms with Crippen LogP contribution in [-0.2, 0) is 33.3 Å². The number of carbonyl (C=O) groups is 3. The molecule has 0 amide bonds. The number of rotatable bonds is 47. The summed E-state index contributed by atoms with van der Waals surface area (Å²) in [5, 5.41) is 9.65. The first kappa shape index (κ1) is 65.4. The molecule has 9 nitrogen and oxygen atoms in total. The molecule has 0 saturated carbocycles. The van der Waals surface area contributed by atoms with Crippen molar-refractivity contribution in [3.8, 4) is 0 Å². The van der Waals surface area contributed by atoms with Crippen LogP contribution in [0.15, 0.2) is 134 Å². The van der Waals surface area contributed by atoms with Gasteiger partial charge in [0, 0.05) is 12.8 Å². The maximum Gasteiger partial charge on any atom is 0.361 e. The fraction of sp³-hybridized carbons (Fsp3) is 0.590. The molecule has 2 atom stereocenters. The van der Waals surface area contributed by atoms with E-state index in [4.69, 9.17) is 18.9 Å². The molecule has 1 N–H and O–H groups in total. The average molecular weight is 973 g/mol. The minimum atomic E-state index is -1.53. The third-order valence-corrected chi connectivity index (χ3v) is 10.6. The number of hydrogen-bond acceptors (Lipinski definition) is 7. The molecule has 0 fully saturated rings. The first-order chi connectivity index (χ1) is 34.1. The highest BCUT2D eigenvalue weighted by Gasteiger charge is 2.25. The molecule has 0 aliphatic rings. The Balaban J connectivity index is 4.28. The van der Waals surface area contributed by atoms with Gasteiger partial charge in [-0.3, -0.25) is 9.59 Å². The zero-order chi connectivity index (χ0) is 51.3. The summed E-state index contributed by atoms with van der Waals surface area (Å²) in [6.07, 6.45) is 69.7. The van der Waals surface area contributed by atoms with Gasteiger partial charge < -0.3 is 28.5 Å². The van der Waals surface area contributed by atoms with Gasteiger partial charge in [-0.1, -0.05) is 186 Å². The smallest absolute Gasteiger partial charge is 0.361 e. The molecule has 0 aliphatic carbocycles. The number of hydrogen-bond donors (Lipinski definition) is 1. The van der Waals surface area contributed by atoms with Crippen LogP contribution < -0.4 is 0 Å². The number of aliphatic carboxylic acids is 1. The number of likely N-dealkylation sites (N-methyl/N-ethyl adjacent to an activating group) is 1. The third kappa shape index (κ3) is 51.3. The highest BCUT2D eigenvalue weighted by atomic mass is 16.7. The van der Waals surface area contributed by atoms with Crippen molar-refractivity contribution in [3.05, 3.63) is 134 Å². The third-order valence-electron chi connectivity index (χ3n) is 10.6. The van der Waals surface area contributed by atoms with E-state index in [9.17, 15) is 19.5 Å². The van der Waals surface area contributed by atoms with E-state index in [0.29, 0.717) is 17.4 Å². The van der Waals surface area contributed by atoms with Crippen molar-refractivity contribution in [2.75, 3.05) is 47.5 Å². The number of esters is 2. The van der Waals surface area contributed by atoms with Crippen molar-refractivity contribution in [1.82, 2.24) is 0 Å². The second kappa shape index (κ2) is 50.8. The van der Waals surface area contributed by atoms with E-state index in [0.717, 1.165) is 135 Å². The Morgan fingerprint density at radius 1 is 0.443 bits per heavy atom. The van der Waals surface area contributed by atoms with Gasteiger partial charge in [0.2, 0.25) is 0 Å². The lowest BCUT2D eigenvalue weighted by atomic mass is 10.1. The van der Waals surface area contributed by atoms with E-state index < -0.39 is 24.3 Å². The summed E-state index contributed by atoms with van der Waals surface area (Å²) in [6, 6.07) is 0. The van der Waals surface area contributed by atoms with Crippen LogP contribution in [0.2, 0.25) is 0 Å². The number of allylic oxidation sites excluding steroid dienone is 22. The van der Waals surface area contributed by atoms with E-state index in [2.05, 4.69) is 148 Å². The van der Waals surface area contributed by atoms with Crippen molar-refractivity contribution in [2.45, 2.75) is 187 Å². The molecule has 394 valence electrons. The first-order valence-corrected chi connectivity index (χ1v) is 26.8. The molecule has 70 heavy (non-hydrogen) atoms. The summed E-state index contributed by atoms with van der Waals surface area (Å²) in [5.74, 6) is -2.08. The van der Waals surface area contributed by atoms with Gasteiger partial charge in [0.1, 0.15) is 13.2 Å². The fourth-order valence-corrected chi connectivity index (χ4v) is 6.51. The zero-order valence-electron chi connectivity index (χ0n) is 44.6. The van der Waals surface area contributed by atoms with Gasteiger partial charge in [0.25, 0.3) is 6.29 Å². The second-order valence-electron chi connectivity index (χ2n) is 18.4. The van der Waals surface area contributed by atoms with Crippen molar-refractivity contribution in [3.63, 3.8) is 0 Å². The van der Waals surface area contributed by atoms with Crippen molar-refractivity contribution < 1.29 is 42.9 Å². The molecular weight excluding hydrogens is 875 g/mol. The predicted octanol–water partition coefficient (Wildman–Crippen LogP) is 15.5. The number of carboxylic acid groups (broad SMARTS) is 1. The Kier molecular flexibility index (Phi) is 47.5. The Bertz CT molecular complexity index is 1600. The van der Waals surface area contributed by atoms with Crippen LogP contribution in [-0.4, -0.2) is 87.4 Å². The van der Waals surface area contributed by atoms with E-state index >= 15 is 0 Å². The maximum atomic E-state index is 12.8. The maximum absolute atomic E-state index is 12.8. The second-order valence-corrected chi connectivity index (χ2v) is 18.4. The average Bonchev–Trinajstić information content (AvgIpc) is 3.33. The van der Waals surface area contributed by atoms with Gasteiger partial charge in [-0.25, -0.2) is 4.79 Å². The number of unbranched alkanes of at least 4 members (excludes halogenated alkanes) is 10. The molecular formula is C61H98NO8+. The Morgan fingerprint density at radius 3 is 1.23 bits per heavy atom. The Labute approximate surface area is 427 Å². The molecule has 2 unspecified atom stereocenters. The molecule has 0 rings (SSSR count). The van der Waals surface area contributed by atoms with Gasteiger partial charge in [0.05, 0.1) is 34.4 Å². The molecule has 0 bridgehead atoms. The summed E-state index contributed by atoms with van der Waals surface area (Å²) in [4.78, 5) is 37.2. The normalized spacial score (nSPS) is 13.9. The molecule has 0 aromatic carbocycles. The van der Waals surface area contributed by atoms with E-state index in [1.807, 2.05) is 21.1 Å². The molecule has 0 heterocycles. The largest absolute Gasteiger partial charge is 0.477 e. The van der Waals surface area contributed by atoms with Crippen LogP contribution in [0.3, 0.4) is 0 Å². The predicted molar refractivity (Wildman–Crippen MR) is 294 cm³/mol. The topological polar surface area (TPSA) is 108 Å². The first-order valence-electron chi connectivity index (χ1n) is 26.8. The van der Waals surface area contributed by atoms with E-state index in [-0.39, 0.29) is 38.6 Å². The summed E-state index contributed by atoms with van der Waals surface area (Å²) >= 11 is 0. The van der Waals surface area contributed by atoms with Crippen LogP contribution in [0.5, 0.6) is 0 Å². The number of ether oxygens (including phenoxy) is 4. The fourth-order valence-electron chi connectivity index (χ4n) is 6.51. The van der Waals surface area contributed by atoms with Gasteiger partial charge in [-0.2, -0.15) is 0 Å². The number of carbonyl (C=O) groups excluding carboxylic acids is 2. The quantitative estimate of drug-likeness (QED) is 0.0211. The summed E-state index contributed by atoms with van der Waals surface area (Å²) in [7, 11) is 5.93. The van der Waals surface area contributed by atoms with Crippen molar-refractivity contribution >= 4 is 17.9 Å². The van der Waals surface area contributed by atoms with Crippen LogP contribution in [0.25, 0.3) is 0 Å². The summed E-state index contributed by atoms with van der Waals surface area (Å²) in [5.41, 5.74) is 0. The molecule has 0 saturated heterocycles. The lowest BCUT2D eigenvalue weighted by molar-refractivity contribution is -0.870. The molecule has 0 spiro atoms. The minimum absolute atomic E-state index is 0.174. The van der Waals surface area contributed by atoms with Gasteiger partial charge in [0.15, 0.2) is 6.10 Å². The van der Waals surface area contributed by atoms with Crippen LogP contribution in [0.1, 0.15) is 174 Å². The van der Waals surface area contributed by atoms with Crippen molar-refractivity contribution in [1.29, 1.82) is 0 Å². The number of nitrogens with zero attached hydrogens (tertiary/aromatic N) is 1. The lowest BCUT2D eigenvalue weighted by Crippen LogP contribution is -2.40. The zero-order valence-corrected chi connectivity index (χ0v) is 44.6. The summed E-state index contributed by atoms with van der Waals surface area (Å²) < 4.78 is 22.7. The highest BCUT2D eigenvalue weighted by Crippen LogP contribution is 2.12. The monoisotopic (exact) mass is 973 g/mol. The van der Waals surface area contributed by atoms with Gasteiger partial charge >= 0.3 is 17.9 Å². The SMILES string of the molecule is CC/C=C\C/C=C\C/C=C\C/C=C\C/C=C\C/C=C\C/C=C\C/C=C\C/C=C\C/C=C\CCCCCCC(=O)OC(COC(=O)CCCCCCC/C=C\CCC)COC(OCC[N+](C)(C)C)C(=O)O. The van der Waals surface area contributed by atoms with E-state index in [1.165, 1.54) is 6.42 Å². The molecule has 0 aromatic rings. The number of carboxylic acids is 1.